The molecule has 0 saturated heterocycles. The number of methoxy groups -OCH3 is 1. The minimum atomic E-state index is -0.416. The van der Waals surface area contributed by atoms with E-state index in [4.69, 9.17) is 9.47 Å². The molecule has 0 radical (unpaired) electrons. The van der Waals surface area contributed by atoms with Crippen LogP contribution in [0.5, 0.6) is 5.75 Å². The normalized spacial score (nSPS) is 10.9. The number of aromatic nitrogens is 3. The molecule has 0 atom stereocenters. The molecule has 7 heteroatoms. The Kier molecular flexibility index (Phi) is 5.96. The highest BCUT2D eigenvalue weighted by atomic mass is 16.5. The first-order valence-corrected chi connectivity index (χ1v) is 10.8. The number of carbonyl (C=O) groups is 1. The average Bonchev–Trinajstić information content (AvgIpc) is 3.27. The number of benzene rings is 2. The minimum absolute atomic E-state index is 0.176. The molecule has 0 spiro atoms. The van der Waals surface area contributed by atoms with Gasteiger partial charge in [-0.25, -0.2) is 9.48 Å². The summed E-state index contributed by atoms with van der Waals surface area (Å²) in [7, 11) is 3.46. The van der Waals surface area contributed by atoms with E-state index in [2.05, 4.69) is 0 Å². The third kappa shape index (κ3) is 3.75. The molecule has 33 heavy (non-hydrogen) atoms. The van der Waals surface area contributed by atoms with Crippen LogP contribution in [0, 0.1) is 13.8 Å². The molecule has 2 heterocycles. The van der Waals surface area contributed by atoms with Crippen molar-refractivity contribution in [3.8, 4) is 28.4 Å². The standard InChI is InChI=1S/C26H27N3O4/c1-6-33-26(31)22-16-23(19-12-14-21(32-5)15-13-19)28(17(22)2)24-18(3)27(4)29(25(24)30)20-10-8-7-9-11-20/h7-16H,6H2,1-5H3. The largest absolute Gasteiger partial charge is 0.497 e. The quantitative estimate of drug-likeness (QED) is 0.412. The Hall–Kier alpha value is -4.00. The lowest BCUT2D eigenvalue weighted by atomic mass is 10.1. The van der Waals surface area contributed by atoms with E-state index in [0.29, 0.717) is 16.9 Å². The van der Waals surface area contributed by atoms with Crippen LogP contribution in [0.3, 0.4) is 0 Å². The summed E-state index contributed by atoms with van der Waals surface area (Å²) in [6.45, 7) is 5.77. The van der Waals surface area contributed by atoms with Gasteiger partial charge in [-0.3, -0.25) is 9.48 Å². The minimum Gasteiger partial charge on any atom is -0.497 e. The highest BCUT2D eigenvalue weighted by Crippen LogP contribution is 2.31. The molecule has 4 aromatic rings. The van der Waals surface area contributed by atoms with Crippen LogP contribution >= 0.6 is 0 Å². The van der Waals surface area contributed by atoms with Crippen molar-refractivity contribution in [2.45, 2.75) is 20.8 Å². The van der Waals surface area contributed by atoms with Crippen molar-refractivity contribution >= 4 is 5.97 Å². The van der Waals surface area contributed by atoms with E-state index in [9.17, 15) is 9.59 Å². The molecule has 0 bridgehead atoms. The van der Waals surface area contributed by atoms with Gasteiger partial charge in [0.1, 0.15) is 11.4 Å². The Bertz CT molecular complexity index is 1360. The Morgan fingerprint density at radius 2 is 1.64 bits per heavy atom. The fourth-order valence-electron chi connectivity index (χ4n) is 4.10. The molecule has 0 aliphatic rings. The summed E-state index contributed by atoms with van der Waals surface area (Å²) in [6.07, 6.45) is 0. The van der Waals surface area contributed by atoms with Crippen molar-refractivity contribution in [2.24, 2.45) is 7.05 Å². The summed E-state index contributed by atoms with van der Waals surface area (Å²) >= 11 is 0. The summed E-state index contributed by atoms with van der Waals surface area (Å²) in [4.78, 5) is 26.5. The van der Waals surface area contributed by atoms with Gasteiger partial charge in [-0.05, 0) is 68.8 Å². The average molecular weight is 446 g/mol. The summed E-state index contributed by atoms with van der Waals surface area (Å²) in [5.41, 5.74) is 4.49. The number of hydrogen-bond donors (Lipinski definition) is 0. The lowest BCUT2D eigenvalue weighted by Crippen LogP contribution is -2.22. The van der Waals surface area contributed by atoms with Gasteiger partial charge in [0.15, 0.2) is 0 Å². The van der Waals surface area contributed by atoms with Crippen molar-refractivity contribution in [2.75, 3.05) is 13.7 Å². The third-order valence-corrected chi connectivity index (χ3v) is 5.88. The van der Waals surface area contributed by atoms with Crippen LogP contribution in [-0.4, -0.2) is 33.6 Å². The molecule has 0 saturated carbocycles. The molecular formula is C26H27N3O4. The zero-order valence-electron chi connectivity index (χ0n) is 19.5. The summed E-state index contributed by atoms with van der Waals surface area (Å²) in [5.74, 6) is 0.307. The van der Waals surface area contributed by atoms with Crippen LogP contribution in [0.15, 0.2) is 65.5 Å². The molecule has 2 aromatic heterocycles. The topological polar surface area (TPSA) is 67.4 Å². The van der Waals surface area contributed by atoms with Gasteiger partial charge in [-0.1, -0.05) is 18.2 Å². The van der Waals surface area contributed by atoms with Crippen molar-refractivity contribution < 1.29 is 14.3 Å². The second-order valence-corrected chi connectivity index (χ2v) is 7.72. The number of carbonyl (C=O) groups excluding carboxylic acids is 1. The first kappa shape index (κ1) is 22.2. The number of ether oxygens (including phenoxy) is 2. The van der Waals surface area contributed by atoms with Crippen LogP contribution in [0.25, 0.3) is 22.6 Å². The molecule has 0 N–H and O–H groups in total. The van der Waals surface area contributed by atoms with Gasteiger partial charge in [0, 0.05) is 12.7 Å². The van der Waals surface area contributed by atoms with Gasteiger partial charge in [0.05, 0.1) is 36.4 Å². The molecule has 0 unspecified atom stereocenters. The predicted molar refractivity (Wildman–Crippen MR) is 128 cm³/mol. The lowest BCUT2D eigenvalue weighted by Gasteiger charge is -2.11. The zero-order valence-corrected chi connectivity index (χ0v) is 19.5. The molecular weight excluding hydrogens is 418 g/mol. The summed E-state index contributed by atoms with van der Waals surface area (Å²) in [5, 5.41) is 0. The molecule has 2 aromatic carbocycles. The summed E-state index contributed by atoms with van der Waals surface area (Å²) in [6, 6.07) is 18.8. The summed E-state index contributed by atoms with van der Waals surface area (Å²) < 4.78 is 15.9. The van der Waals surface area contributed by atoms with E-state index in [-0.39, 0.29) is 12.2 Å². The number of nitrogens with zero attached hydrogens (tertiary/aromatic N) is 3. The van der Waals surface area contributed by atoms with Crippen LogP contribution in [-0.2, 0) is 11.8 Å². The van der Waals surface area contributed by atoms with Gasteiger partial charge < -0.3 is 14.0 Å². The Labute approximate surface area is 192 Å². The zero-order chi connectivity index (χ0) is 23.7. The lowest BCUT2D eigenvalue weighted by molar-refractivity contribution is 0.0525. The van der Waals surface area contributed by atoms with Crippen LogP contribution in [0.1, 0.15) is 28.7 Å². The highest BCUT2D eigenvalue weighted by Gasteiger charge is 2.26. The fourth-order valence-corrected chi connectivity index (χ4v) is 4.10. The number of hydrogen-bond acceptors (Lipinski definition) is 4. The van der Waals surface area contributed by atoms with E-state index in [1.807, 2.05) is 84.7 Å². The molecule has 0 fully saturated rings. The Morgan fingerprint density at radius 3 is 2.24 bits per heavy atom. The maximum atomic E-state index is 13.7. The van der Waals surface area contributed by atoms with Gasteiger partial charge >= 0.3 is 5.97 Å². The van der Waals surface area contributed by atoms with E-state index < -0.39 is 5.97 Å². The first-order chi connectivity index (χ1) is 15.9. The SMILES string of the molecule is CCOC(=O)c1cc(-c2ccc(OC)cc2)n(-c2c(C)n(C)n(-c3ccccc3)c2=O)c1C. The first-order valence-electron chi connectivity index (χ1n) is 10.8. The van der Waals surface area contributed by atoms with Crippen LogP contribution in [0.4, 0.5) is 0 Å². The van der Waals surface area contributed by atoms with E-state index in [1.165, 1.54) is 0 Å². The van der Waals surface area contributed by atoms with Gasteiger partial charge in [-0.15, -0.1) is 0 Å². The maximum Gasteiger partial charge on any atom is 0.339 e. The van der Waals surface area contributed by atoms with Crippen molar-refractivity contribution in [1.29, 1.82) is 0 Å². The van der Waals surface area contributed by atoms with Crippen LogP contribution in [0.2, 0.25) is 0 Å². The van der Waals surface area contributed by atoms with E-state index in [1.54, 1.807) is 24.8 Å². The van der Waals surface area contributed by atoms with E-state index >= 15 is 0 Å². The number of esters is 1. The van der Waals surface area contributed by atoms with Gasteiger partial charge in [0.2, 0.25) is 0 Å². The highest BCUT2D eigenvalue weighted by molar-refractivity contribution is 5.93. The Morgan fingerprint density at radius 1 is 0.970 bits per heavy atom. The maximum absolute atomic E-state index is 13.7. The second kappa shape index (κ2) is 8.86. The van der Waals surface area contributed by atoms with Crippen molar-refractivity contribution in [3.63, 3.8) is 0 Å². The number of para-hydroxylation sites is 1. The molecule has 0 aliphatic carbocycles. The molecule has 7 nitrogen and oxygen atoms in total. The molecule has 0 aliphatic heterocycles. The van der Waals surface area contributed by atoms with Gasteiger partial charge in [0.25, 0.3) is 5.56 Å². The van der Waals surface area contributed by atoms with Crippen molar-refractivity contribution in [3.05, 3.63) is 88.0 Å². The van der Waals surface area contributed by atoms with Crippen molar-refractivity contribution in [1.82, 2.24) is 13.9 Å². The fraction of sp³-hybridized carbons (Fsp3) is 0.231. The predicted octanol–water partition coefficient (Wildman–Crippen LogP) is 4.44. The molecule has 0 amide bonds. The monoisotopic (exact) mass is 445 g/mol. The van der Waals surface area contributed by atoms with Crippen LogP contribution < -0.4 is 10.3 Å². The Balaban J connectivity index is 2.01. The smallest absolute Gasteiger partial charge is 0.339 e. The van der Waals surface area contributed by atoms with Gasteiger partial charge in [-0.2, -0.15) is 0 Å². The third-order valence-electron chi connectivity index (χ3n) is 5.88. The second-order valence-electron chi connectivity index (χ2n) is 7.72. The molecule has 4 rings (SSSR count). The molecule has 170 valence electrons. The number of rotatable bonds is 6. The van der Waals surface area contributed by atoms with E-state index in [0.717, 1.165) is 28.4 Å².